The van der Waals surface area contributed by atoms with Crippen LogP contribution in [0.3, 0.4) is 0 Å². The summed E-state index contributed by atoms with van der Waals surface area (Å²) in [6, 6.07) is 9.62. The Bertz CT molecular complexity index is 1410. The van der Waals surface area contributed by atoms with Crippen LogP contribution in [0.2, 0.25) is 0 Å². The van der Waals surface area contributed by atoms with Crippen LogP contribution in [0.5, 0.6) is 5.75 Å². The Balaban J connectivity index is 1.25. The lowest BCUT2D eigenvalue weighted by Gasteiger charge is -2.29. The number of carbonyl (C=O) groups is 1. The molecular weight excluding hydrogens is 514 g/mol. The van der Waals surface area contributed by atoms with Gasteiger partial charge >= 0.3 is 6.03 Å². The third-order valence-corrected chi connectivity index (χ3v) is 7.37. The average Bonchev–Trinajstić information content (AvgIpc) is 3.46. The van der Waals surface area contributed by atoms with Gasteiger partial charge in [0, 0.05) is 19.1 Å². The molecule has 2 aliphatic heterocycles. The Morgan fingerprint density at radius 1 is 1.25 bits per heavy atom. The monoisotopic (exact) mass is 548 g/mol. The van der Waals surface area contributed by atoms with Gasteiger partial charge in [0.05, 0.1) is 12.1 Å². The van der Waals surface area contributed by atoms with Gasteiger partial charge in [-0.15, -0.1) is 0 Å². The Morgan fingerprint density at radius 2 is 2.15 bits per heavy atom. The lowest BCUT2D eigenvalue weighted by atomic mass is 9.98. The van der Waals surface area contributed by atoms with Crippen molar-refractivity contribution >= 4 is 28.7 Å². The number of hydrogen-bond acceptors (Lipinski definition) is 6. The van der Waals surface area contributed by atoms with Gasteiger partial charge in [-0.1, -0.05) is 25.1 Å². The van der Waals surface area contributed by atoms with E-state index in [2.05, 4.69) is 43.7 Å². The third-order valence-electron chi connectivity index (χ3n) is 7.37. The normalized spacial score (nSPS) is 18.0. The SMILES string of the molecule is CC(C=C(F)C=CCF)C1CCCN1c1ccc2ncnc(NC(=O)NCCc3ccc4c(c3)OCCC4)c2n1. The average molecular weight is 549 g/mol. The summed E-state index contributed by atoms with van der Waals surface area (Å²) < 4.78 is 32.3. The fraction of sp³-hybridized carbons (Fsp3) is 0.400. The summed E-state index contributed by atoms with van der Waals surface area (Å²) >= 11 is 0. The second-order valence-corrected chi connectivity index (χ2v) is 10.2. The van der Waals surface area contributed by atoms with Crippen LogP contribution in [0.1, 0.15) is 37.3 Å². The topological polar surface area (TPSA) is 92.3 Å². The van der Waals surface area contributed by atoms with E-state index in [0.29, 0.717) is 35.6 Å². The van der Waals surface area contributed by atoms with Gasteiger partial charge in [-0.3, -0.25) is 5.32 Å². The number of nitrogens with one attached hydrogen (secondary N) is 2. The molecule has 3 aromatic rings. The van der Waals surface area contributed by atoms with E-state index in [-0.39, 0.29) is 18.0 Å². The Hall–Kier alpha value is -4.08. The first-order valence-corrected chi connectivity index (χ1v) is 13.8. The summed E-state index contributed by atoms with van der Waals surface area (Å²) in [4.78, 5) is 28.3. The zero-order valence-electron chi connectivity index (χ0n) is 22.6. The molecular formula is C30H34F2N6O2. The van der Waals surface area contributed by atoms with Crippen LogP contribution in [-0.2, 0) is 12.8 Å². The number of nitrogens with zero attached hydrogens (tertiary/aromatic N) is 4. The molecule has 2 atom stereocenters. The minimum Gasteiger partial charge on any atom is -0.493 e. The highest BCUT2D eigenvalue weighted by atomic mass is 19.1. The quantitative estimate of drug-likeness (QED) is 0.334. The first-order chi connectivity index (χ1) is 19.5. The number of aryl methyl sites for hydroxylation is 1. The molecule has 2 unspecified atom stereocenters. The number of urea groups is 1. The number of benzene rings is 1. The molecule has 10 heteroatoms. The second kappa shape index (κ2) is 12.8. The number of pyridine rings is 1. The maximum atomic E-state index is 14.2. The lowest BCUT2D eigenvalue weighted by Crippen LogP contribution is -2.34. The molecule has 0 saturated carbocycles. The largest absolute Gasteiger partial charge is 0.493 e. The van der Waals surface area contributed by atoms with E-state index in [0.717, 1.165) is 62.3 Å². The van der Waals surface area contributed by atoms with Crippen molar-refractivity contribution < 1.29 is 18.3 Å². The van der Waals surface area contributed by atoms with Gasteiger partial charge in [-0.2, -0.15) is 0 Å². The molecule has 0 aliphatic carbocycles. The summed E-state index contributed by atoms with van der Waals surface area (Å²) in [6.07, 6.45) is 9.80. The summed E-state index contributed by atoms with van der Waals surface area (Å²) in [7, 11) is 0. The van der Waals surface area contributed by atoms with Crippen LogP contribution in [0.15, 0.2) is 60.7 Å². The maximum absolute atomic E-state index is 14.2. The highest BCUT2D eigenvalue weighted by molar-refractivity contribution is 5.96. The second-order valence-electron chi connectivity index (χ2n) is 10.2. The first kappa shape index (κ1) is 27.5. The Morgan fingerprint density at radius 3 is 3.02 bits per heavy atom. The van der Waals surface area contributed by atoms with Gasteiger partial charge in [-0.05, 0) is 79.5 Å². The summed E-state index contributed by atoms with van der Waals surface area (Å²) in [6.45, 7) is 3.21. The van der Waals surface area contributed by atoms with Gasteiger partial charge in [0.1, 0.15) is 35.9 Å². The standard InChI is InChI=1S/C30H34F2N6O2/c1-20(17-23(32)6-2-13-31)25-7-3-15-38(25)27-11-10-24-28(36-27)29(35-19-34-24)37-30(39)33-14-12-21-8-9-22-5-4-16-40-26(22)18-21/h2,6,8-11,17-20,25H,3-5,7,12-16H2,1H3,(H2,33,34,35,37,39). The molecule has 2 amide bonds. The molecule has 0 radical (unpaired) electrons. The number of rotatable bonds is 9. The zero-order chi connectivity index (χ0) is 27.9. The van der Waals surface area contributed by atoms with Crippen LogP contribution in [0.25, 0.3) is 11.0 Å². The van der Waals surface area contributed by atoms with Gasteiger partial charge in [0.15, 0.2) is 5.82 Å². The summed E-state index contributed by atoms with van der Waals surface area (Å²) in [5.41, 5.74) is 3.41. The van der Waals surface area contributed by atoms with Crippen LogP contribution < -0.4 is 20.3 Å². The van der Waals surface area contributed by atoms with Crippen LogP contribution in [0.4, 0.5) is 25.2 Å². The van der Waals surface area contributed by atoms with E-state index in [1.165, 1.54) is 18.0 Å². The predicted octanol–water partition coefficient (Wildman–Crippen LogP) is 5.70. The molecule has 2 aromatic heterocycles. The van der Waals surface area contributed by atoms with Crippen molar-refractivity contribution in [3.05, 3.63) is 71.8 Å². The molecule has 1 aromatic carbocycles. The van der Waals surface area contributed by atoms with Gasteiger partial charge < -0.3 is 15.0 Å². The molecule has 4 heterocycles. The van der Waals surface area contributed by atoms with Gasteiger partial charge in [-0.25, -0.2) is 28.5 Å². The number of amides is 2. The van der Waals surface area contributed by atoms with Crippen molar-refractivity contribution in [2.45, 2.75) is 45.1 Å². The molecule has 210 valence electrons. The van der Waals surface area contributed by atoms with E-state index < -0.39 is 12.5 Å². The van der Waals surface area contributed by atoms with Gasteiger partial charge in [0.25, 0.3) is 0 Å². The minimum atomic E-state index is -0.702. The summed E-state index contributed by atoms with van der Waals surface area (Å²) in [5.74, 6) is 1.41. The van der Waals surface area contributed by atoms with Crippen molar-refractivity contribution in [3.63, 3.8) is 0 Å². The summed E-state index contributed by atoms with van der Waals surface area (Å²) in [5, 5.41) is 5.70. The Labute approximate surface area is 232 Å². The fourth-order valence-corrected chi connectivity index (χ4v) is 5.39. The van der Waals surface area contributed by atoms with E-state index in [4.69, 9.17) is 9.72 Å². The minimum absolute atomic E-state index is 0.0350. The number of fused-ring (bicyclic) bond motifs is 2. The number of anilines is 2. The van der Waals surface area contributed by atoms with E-state index >= 15 is 0 Å². The van der Waals surface area contributed by atoms with Crippen molar-refractivity contribution in [3.8, 4) is 5.75 Å². The number of alkyl halides is 1. The van der Waals surface area contributed by atoms with Gasteiger partial charge in [0.2, 0.25) is 0 Å². The molecule has 5 rings (SSSR count). The van der Waals surface area contributed by atoms with E-state index in [1.807, 2.05) is 19.1 Å². The smallest absolute Gasteiger partial charge is 0.320 e. The maximum Gasteiger partial charge on any atom is 0.320 e. The highest BCUT2D eigenvalue weighted by Gasteiger charge is 2.30. The van der Waals surface area contributed by atoms with Crippen LogP contribution in [0, 0.1) is 5.92 Å². The van der Waals surface area contributed by atoms with Crippen molar-refractivity contribution in [1.82, 2.24) is 20.3 Å². The predicted molar refractivity (Wildman–Crippen MR) is 152 cm³/mol. The number of hydrogen-bond donors (Lipinski definition) is 2. The molecule has 0 bridgehead atoms. The zero-order valence-corrected chi connectivity index (χ0v) is 22.6. The number of aromatic nitrogens is 3. The molecule has 2 aliphatic rings. The number of ether oxygens (including phenoxy) is 1. The number of allylic oxidation sites excluding steroid dienone is 3. The highest BCUT2D eigenvalue weighted by Crippen LogP contribution is 2.32. The Kier molecular flexibility index (Phi) is 8.83. The van der Waals surface area contributed by atoms with Crippen LogP contribution in [-0.4, -0.2) is 53.4 Å². The van der Waals surface area contributed by atoms with Crippen molar-refractivity contribution in [1.29, 1.82) is 0 Å². The van der Waals surface area contributed by atoms with E-state index in [9.17, 15) is 13.6 Å². The first-order valence-electron chi connectivity index (χ1n) is 13.8. The fourth-order valence-electron chi connectivity index (χ4n) is 5.39. The molecule has 1 fully saturated rings. The number of carbonyl (C=O) groups excluding carboxylic acids is 1. The van der Waals surface area contributed by atoms with Crippen molar-refractivity contribution in [2.24, 2.45) is 5.92 Å². The molecule has 0 spiro atoms. The molecule has 1 saturated heterocycles. The molecule has 2 N–H and O–H groups in total. The molecule has 8 nitrogen and oxygen atoms in total. The molecule has 40 heavy (non-hydrogen) atoms. The third kappa shape index (κ3) is 6.55. The number of halogens is 2. The van der Waals surface area contributed by atoms with Crippen molar-refractivity contribution in [2.75, 3.05) is 36.6 Å². The van der Waals surface area contributed by atoms with E-state index in [1.54, 1.807) is 0 Å². The lowest BCUT2D eigenvalue weighted by molar-refractivity contribution is 0.252. The van der Waals surface area contributed by atoms with Crippen LogP contribution >= 0.6 is 0 Å².